The Kier molecular flexibility index (Phi) is 7.98. The number of carbonyl (C=O) groups is 2. The smallest absolute Gasteiger partial charge is 0.331 e. The number of piperidine rings is 1. The van der Waals surface area contributed by atoms with E-state index in [2.05, 4.69) is 6.92 Å². The molecule has 1 fully saturated rings. The van der Waals surface area contributed by atoms with Gasteiger partial charge >= 0.3 is 5.97 Å². The Morgan fingerprint density at radius 3 is 2.70 bits per heavy atom. The second-order valence-corrected chi connectivity index (χ2v) is 6.73. The van der Waals surface area contributed by atoms with Gasteiger partial charge in [0.25, 0.3) is 5.91 Å². The molecule has 0 radical (unpaired) electrons. The normalized spacial score (nSPS) is 17.0. The van der Waals surface area contributed by atoms with Gasteiger partial charge in [0.05, 0.1) is 19.2 Å². The molecule has 0 spiro atoms. The van der Waals surface area contributed by atoms with Gasteiger partial charge in [-0.15, -0.1) is 0 Å². The summed E-state index contributed by atoms with van der Waals surface area (Å²) in [7, 11) is 3.00. The Morgan fingerprint density at radius 2 is 2.04 bits per heavy atom. The fraction of sp³-hybridized carbons (Fsp3) is 0.500. The monoisotopic (exact) mass is 395 g/mol. The summed E-state index contributed by atoms with van der Waals surface area (Å²) < 4.78 is 15.5. The molecule has 1 aromatic rings. The van der Waals surface area contributed by atoms with Crippen molar-refractivity contribution in [2.45, 2.75) is 38.6 Å². The van der Waals surface area contributed by atoms with Crippen LogP contribution in [0, 0.1) is 0 Å². The number of ether oxygens (including phenoxy) is 3. The molecule has 1 aromatic carbocycles. The maximum absolute atomic E-state index is 12.3. The van der Waals surface area contributed by atoms with Crippen molar-refractivity contribution in [3.05, 3.63) is 28.8 Å². The summed E-state index contributed by atoms with van der Waals surface area (Å²) in [4.78, 5) is 26.1. The summed E-state index contributed by atoms with van der Waals surface area (Å²) in [5.74, 6) is 0.164. The lowest BCUT2D eigenvalue weighted by Crippen LogP contribution is -2.45. The van der Waals surface area contributed by atoms with Crippen molar-refractivity contribution < 1.29 is 23.8 Å². The molecular weight excluding hydrogens is 370 g/mol. The fourth-order valence-electron chi connectivity index (χ4n) is 3.22. The van der Waals surface area contributed by atoms with Crippen LogP contribution in [-0.4, -0.2) is 50.2 Å². The van der Waals surface area contributed by atoms with Crippen molar-refractivity contribution in [3.8, 4) is 11.5 Å². The standard InChI is InChI=1S/C20H26ClNO5/c1-4-15-7-5-6-10-22(15)18(23)13-27-19(24)9-8-14-11-16(21)20(26-3)17(12-14)25-2/h8-9,11-12,15H,4-7,10,13H2,1-3H3/b9-8+/t15-/m1/s1. The zero-order valence-electron chi connectivity index (χ0n) is 16.0. The van der Waals surface area contributed by atoms with Crippen LogP contribution >= 0.6 is 11.6 Å². The van der Waals surface area contributed by atoms with Crippen molar-refractivity contribution in [1.29, 1.82) is 0 Å². The third-order valence-electron chi connectivity index (χ3n) is 4.62. The molecule has 27 heavy (non-hydrogen) atoms. The Bertz CT molecular complexity index is 704. The minimum atomic E-state index is -0.584. The lowest BCUT2D eigenvalue weighted by molar-refractivity contribution is -0.150. The minimum absolute atomic E-state index is 0.141. The van der Waals surface area contributed by atoms with Gasteiger partial charge in [0.1, 0.15) is 0 Å². The van der Waals surface area contributed by atoms with Crippen LogP contribution in [0.15, 0.2) is 18.2 Å². The number of methoxy groups -OCH3 is 2. The Hall–Kier alpha value is -2.21. The summed E-state index contributed by atoms with van der Waals surface area (Å²) >= 11 is 6.14. The van der Waals surface area contributed by atoms with Crippen molar-refractivity contribution in [2.75, 3.05) is 27.4 Å². The second kappa shape index (κ2) is 10.2. The molecule has 2 rings (SSSR count). The van der Waals surface area contributed by atoms with Crippen LogP contribution in [0.25, 0.3) is 6.08 Å². The number of likely N-dealkylation sites (tertiary alicyclic amines) is 1. The van der Waals surface area contributed by atoms with E-state index in [9.17, 15) is 9.59 Å². The van der Waals surface area contributed by atoms with E-state index < -0.39 is 5.97 Å². The molecule has 1 aliphatic heterocycles. The average molecular weight is 396 g/mol. The first-order valence-corrected chi connectivity index (χ1v) is 9.43. The van der Waals surface area contributed by atoms with E-state index in [0.717, 1.165) is 32.2 Å². The lowest BCUT2D eigenvalue weighted by atomic mass is 10.00. The highest BCUT2D eigenvalue weighted by molar-refractivity contribution is 6.32. The van der Waals surface area contributed by atoms with Gasteiger partial charge in [0, 0.05) is 18.7 Å². The average Bonchev–Trinajstić information content (AvgIpc) is 2.69. The summed E-state index contributed by atoms with van der Waals surface area (Å²) in [6.45, 7) is 2.56. The van der Waals surface area contributed by atoms with Crippen LogP contribution in [0.3, 0.4) is 0 Å². The van der Waals surface area contributed by atoms with Crippen molar-refractivity contribution in [1.82, 2.24) is 4.90 Å². The molecule has 0 bridgehead atoms. The number of carbonyl (C=O) groups excluding carboxylic acids is 2. The molecular formula is C20H26ClNO5. The van der Waals surface area contributed by atoms with Gasteiger partial charge in [0.15, 0.2) is 18.1 Å². The molecule has 0 aromatic heterocycles. The number of rotatable bonds is 7. The van der Waals surface area contributed by atoms with Crippen molar-refractivity contribution in [3.63, 3.8) is 0 Å². The van der Waals surface area contributed by atoms with Gasteiger partial charge < -0.3 is 19.1 Å². The quantitative estimate of drug-likeness (QED) is 0.520. The van der Waals surface area contributed by atoms with Crippen molar-refractivity contribution >= 4 is 29.6 Å². The number of nitrogens with zero attached hydrogens (tertiary/aromatic N) is 1. The van der Waals surface area contributed by atoms with Crippen LogP contribution in [0.4, 0.5) is 0 Å². The summed E-state index contributed by atoms with van der Waals surface area (Å²) in [5, 5.41) is 0.371. The van der Waals surface area contributed by atoms with E-state index in [-0.39, 0.29) is 18.6 Å². The van der Waals surface area contributed by atoms with E-state index in [1.54, 1.807) is 18.2 Å². The maximum Gasteiger partial charge on any atom is 0.331 e. The molecule has 148 valence electrons. The molecule has 0 N–H and O–H groups in total. The molecule has 0 aliphatic carbocycles. The molecule has 0 unspecified atom stereocenters. The third-order valence-corrected chi connectivity index (χ3v) is 4.91. The zero-order chi connectivity index (χ0) is 19.8. The third kappa shape index (κ3) is 5.63. The van der Waals surface area contributed by atoms with Gasteiger partial charge in [-0.3, -0.25) is 4.79 Å². The van der Waals surface area contributed by atoms with E-state index in [4.69, 9.17) is 25.8 Å². The Labute approximate surface area is 165 Å². The molecule has 1 heterocycles. The van der Waals surface area contributed by atoms with E-state index in [1.165, 1.54) is 20.3 Å². The van der Waals surface area contributed by atoms with Crippen LogP contribution < -0.4 is 9.47 Å². The van der Waals surface area contributed by atoms with Crippen LogP contribution in [0.2, 0.25) is 5.02 Å². The molecule has 1 amide bonds. The summed E-state index contributed by atoms with van der Waals surface area (Å²) in [6, 6.07) is 3.59. The van der Waals surface area contributed by atoms with Crippen LogP contribution in [0.1, 0.15) is 38.2 Å². The number of halogens is 1. The van der Waals surface area contributed by atoms with E-state index >= 15 is 0 Å². The summed E-state index contributed by atoms with van der Waals surface area (Å²) in [5.41, 5.74) is 0.656. The topological polar surface area (TPSA) is 65.1 Å². The van der Waals surface area contributed by atoms with Gasteiger partial charge in [-0.2, -0.15) is 0 Å². The highest BCUT2D eigenvalue weighted by atomic mass is 35.5. The number of hydrogen-bond donors (Lipinski definition) is 0. The maximum atomic E-state index is 12.3. The van der Waals surface area contributed by atoms with Crippen LogP contribution in [0.5, 0.6) is 11.5 Å². The van der Waals surface area contributed by atoms with Crippen LogP contribution in [-0.2, 0) is 14.3 Å². The van der Waals surface area contributed by atoms with Gasteiger partial charge in [-0.25, -0.2) is 4.79 Å². The van der Waals surface area contributed by atoms with E-state index in [0.29, 0.717) is 22.1 Å². The fourth-order valence-corrected chi connectivity index (χ4v) is 3.51. The Morgan fingerprint density at radius 1 is 1.26 bits per heavy atom. The first-order chi connectivity index (χ1) is 13.0. The molecule has 1 aliphatic rings. The molecule has 7 heteroatoms. The van der Waals surface area contributed by atoms with Crippen molar-refractivity contribution in [2.24, 2.45) is 0 Å². The summed E-state index contributed by atoms with van der Waals surface area (Å²) in [6.07, 6.45) is 6.87. The number of amides is 1. The predicted molar refractivity (Wildman–Crippen MR) is 104 cm³/mol. The van der Waals surface area contributed by atoms with E-state index in [1.807, 2.05) is 4.90 Å². The number of benzene rings is 1. The largest absolute Gasteiger partial charge is 0.493 e. The first kappa shape index (κ1) is 21.1. The first-order valence-electron chi connectivity index (χ1n) is 9.06. The Balaban J connectivity index is 1.93. The molecule has 0 saturated carbocycles. The number of esters is 1. The lowest BCUT2D eigenvalue weighted by Gasteiger charge is -2.35. The predicted octanol–water partition coefficient (Wildman–Crippen LogP) is 3.70. The highest BCUT2D eigenvalue weighted by Crippen LogP contribution is 2.36. The molecule has 1 atom stereocenters. The van der Waals surface area contributed by atoms with Gasteiger partial charge in [-0.05, 0) is 49.5 Å². The second-order valence-electron chi connectivity index (χ2n) is 6.32. The molecule has 6 nitrogen and oxygen atoms in total. The zero-order valence-corrected chi connectivity index (χ0v) is 16.8. The SMILES string of the molecule is CC[C@@H]1CCCCN1C(=O)COC(=O)/C=C/c1cc(Cl)c(OC)c(OC)c1. The minimum Gasteiger partial charge on any atom is -0.493 e. The molecule has 1 saturated heterocycles. The van der Waals surface area contributed by atoms with Gasteiger partial charge in [0.2, 0.25) is 0 Å². The van der Waals surface area contributed by atoms with Gasteiger partial charge in [-0.1, -0.05) is 18.5 Å². The number of hydrogen-bond acceptors (Lipinski definition) is 5. The highest BCUT2D eigenvalue weighted by Gasteiger charge is 2.25.